The highest BCUT2D eigenvalue weighted by molar-refractivity contribution is 5.75. The lowest BCUT2D eigenvalue weighted by atomic mass is 9.75. The van der Waals surface area contributed by atoms with Gasteiger partial charge in [-0.05, 0) is 19.3 Å². The average Bonchev–Trinajstić information content (AvgIpc) is 2.06. The van der Waals surface area contributed by atoms with Crippen LogP contribution in [-0.2, 0) is 4.79 Å². The van der Waals surface area contributed by atoms with Crippen LogP contribution in [-0.4, -0.2) is 17.1 Å². The van der Waals surface area contributed by atoms with Gasteiger partial charge >= 0.3 is 5.97 Å². The Bertz CT molecular complexity index is 153. The Morgan fingerprint density at radius 1 is 1.42 bits per heavy atom. The molecule has 0 heterocycles. The van der Waals surface area contributed by atoms with Crippen molar-refractivity contribution in [2.24, 2.45) is 11.1 Å². The van der Waals surface area contributed by atoms with Crippen molar-refractivity contribution in [1.82, 2.24) is 0 Å². The van der Waals surface area contributed by atoms with Crippen molar-refractivity contribution in [3.05, 3.63) is 0 Å². The molecule has 0 amide bonds. The zero-order valence-corrected chi connectivity index (χ0v) is 8.13. The first-order valence-corrected chi connectivity index (χ1v) is 4.54. The fourth-order valence-electron chi connectivity index (χ4n) is 1.63. The van der Waals surface area contributed by atoms with Crippen LogP contribution in [0, 0.1) is 5.41 Å². The molecule has 12 heavy (non-hydrogen) atoms. The molecule has 0 radical (unpaired) electrons. The molecule has 0 aromatic carbocycles. The summed E-state index contributed by atoms with van der Waals surface area (Å²) in [4.78, 5) is 11.0. The van der Waals surface area contributed by atoms with Crippen molar-refractivity contribution in [1.29, 1.82) is 0 Å². The standard InChI is InChI=1S/C9H19NO2/c1-4-7(10)9(5-2,6-3)8(11)12/h7H,4-6,10H2,1-3H3,(H,11,12). The Labute approximate surface area is 74.0 Å². The van der Waals surface area contributed by atoms with Crippen molar-refractivity contribution in [2.45, 2.75) is 46.1 Å². The molecule has 0 bridgehead atoms. The quantitative estimate of drug-likeness (QED) is 0.664. The summed E-state index contributed by atoms with van der Waals surface area (Å²) in [6.45, 7) is 5.69. The molecule has 0 fully saturated rings. The Morgan fingerprint density at radius 2 is 1.83 bits per heavy atom. The second kappa shape index (κ2) is 4.45. The monoisotopic (exact) mass is 173 g/mol. The van der Waals surface area contributed by atoms with E-state index >= 15 is 0 Å². The van der Waals surface area contributed by atoms with Gasteiger partial charge in [0.2, 0.25) is 0 Å². The van der Waals surface area contributed by atoms with E-state index in [1.54, 1.807) is 0 Å². The van der Waals surface area contributed by atoms with Crippen LogP contribution in [0.5, 0.6) is 0 Å². The Hall–Kier alpha value is -0.570. The summed E-state index contributed by atoms with van der Waals surface area (Å²) in [5, 5.41) is 9.05. The highest BCUT2D eigenvalue weighted by Crippen LogP contribution is 2.31. The lowest BCUT2D eigenvalue weighted by Gasteiger charge is -2.32. The van der Waals surface area contributed by atoms with Crippen LogP contribution in [0.1, 0.15) is 40.0 Å². The van der Waals surface area contributed by atoms with Gasteiger partial charge in [0.05, 0.1) is 5.41 Å². The molecule has 3 N–H and O–H groups in total. The van der Waals surface area contributed by atoms with Gasteiger partial charge in [-0.2, -0.15) is 0 Å². The SMILES string of the molecule is CCC(N)C(CC)(CC)C(=O)O. The van der Waals surface area contributed by atoms with Gasteiger partial charge in [-0.15, -0.1) is 0 Å². The van der Waals surface area contributed by atoms with E-state index in [1.165, 1.54) is 0 Å². The van der Waals surface area contributed by atoms with E-state index in [2.05, 4.69) is 0 Å². The van der Waals surface area contributed by atoms with Crippen LogP contribution in [0.4, 0.5) is 0 Å². The normalized spacial score (nSPS) is 14.3. The minimum atomic E-state index is -0.762. The molecule has 0 saturated carbocycles. The summed E-state index contributed by atoms with van der Waals surface area (Å²) in [7, 11) is 0. The molecule has 0 aliphatic heterocycles. The van der Waals surface area contributed by atoms with Crippen molar-refractivity contribution in [3.63, 3.8) is 0 Å². The second-order valence-corrected chi connectivity index (χ2v) is 3.18. The number of rotatable bonds is 5. The van der Waals surface area contributed by atoms with Gasteiger partial charge in [-0.25, -0.2) is 0 Å². The van der Waals surface area contributed by atoms with Crippen LogP contribution in [0.3, 0.4) is 0 Å². The van der Waals surface area contributed by atoms with Crippen molar-refractivity contribution in [2.75, 3.05) is 0 Å². The zero-order valence-electron chi connectivity index (χ0n) is 8.13. The summed E-state index contributed by atoms with van der Waals surface area (Å²) in [5.41, 5.74) is 5.08. The molecule has 0 spiro atoms. The van der Waals surface area contributed by atoms with Gasteiger partial charge in [-0.1, -0.05) is 20.8 Å². The van der Waals surface area contributed by atoms with Crippen molar-refractivity contribution in [3.8, 4) is 0 Å². The van der Waals surface area contributed by atoms with E-state index in [-0.39, 0.29) is 6.04 Å². The third kappa shape index (κ3) is 1.78. The topological polar surface area (TPSA) is 63.3 Å². The van der Waals surface area contributed by atoms with Crippen molar-refractivity contribution >= 4 is 5.97 Å². The van der Waals surface area contributed by atoms with E-state index in [0.717, 1.165) is 0 Å². The van der Waals surface area contributed by atoms with Gasteiger partial charge in [0.1, 0.15) is 0 Å². The number of carboxylic acids is 1. The van der Waals surface area contributed by atoms with E-state index < -0.39 is 11.4 Å². The van der Waals surface area contributed by atoms with Crippen LogP contribution < -0.4 is 5.73 Å². The molecule has 0 aliphatic carbocycles. The van der Waals surface area contributed by atoms with Crippen LogP contribution in [0.2, 0.25) is 0 Å². The third-order valence-corrected chi connectivity index (χ3v) is 2.84. The second-order valence-electron chi connectivity index (χ2n) is 3.18. The van der Waals surface area contributed by atoms with Crippen LogP contribution in [0.25, 0.3) is 0 Å². The van der Waals surface area contributed by atoms with Crippen LogP contribution >= 0.6 is 0 Å². The summed E-state index contributed by atoms with van der Waals surface area (Å²) in [6, 6.07) is -0.231. The van der Waals surface area contributed by atoms with E-state index in [9.17, 15) is 4.79 Å². The molecule has 0 saturated heterocycles. The van der Waals surface area contributed by atoms with Gasteiger partial charge in [0.25, 0.3) is 0 Å². The predicted octanol–water partition coefficient (Wildman–Crippen LogP) is 1.61. The number of hydrogen-bond acceptors (Lipinski definition) is 2. The lowest BCUT2D eigenvalue weighted by Crippen LogP contribution is -2.46. The highest BCUT2D eigenvalue weighted by atomic mass is 16.4. The fourth-order valence-corrected chi connectivity index (χ4v) is 1.63. The maximum atomic E-state index is 11.0. The first-order chi connectivity index (χ1) is 5.55. The van der Waals surface area contributed by atoms with Gasteiger partial charge in [0.15, 0.2) is 0 Å². The Morgan fingerprint density at radius 3 is 1.92 bits per heavy atom. The number of nitrogens with two attached hydrogens (primary N) is 1. The first kappa shape index (κ1) is 11.4. The molecule has 3 nitrogen and oxygen atoms in total. The van der Waals surface area contributed by atoms with E-state index in [4.69, 9.17) is 10.8 Å². The molecule has 0 aromatic rings. The molecular formula is C9H19NO2. The van der Waals surface area contributed by atoms with E-state index in [1.807, 2.05) is 20.8 Å². The van der Waals surface area contributed by atoms with E-state index in [0.29, 0.717) is 19.3 Å². The Kier molecular flexibility index (Phi) is 4.24. The minimum absolute atomic E-state index is 0.231. The maximum absolute atomic E-state index is 11.0. The zero-order chi connectivity index (χ0) is 9.78. The number of hydrogen-bond donors (Lipinski definition) is 2. The average molecular weight is 173 g/mol. The van der Waals surface area contributed by atoms with Gasteiger partial charge in [-0.3, -0.25) is 4.79 Å². The molecule has 72 valence electrons. The summed E-state index contributed by atoms with van der Waals surface area (Å²) < 4.78 is 0. The predicted molar refractivity (Wildman–Crippen MR) is 48.9 cm³/mol. The number of aliphatic carboxylic acids is 1. The highest BCUT2D eigenvalue weighted by Gasteiger charge is 2.39. The van der Waals surface area contributed by atoms with Crippen LogP contribution in [0.15, 0.2) is 0 Å². The number of carbonyl (C=O) groups is 1. The van der Waals surface area contributed by atoms with Gasteiger partial charge in [0, 0.05) is 6.04 Å². The molecule has 3 heteroatoms. The maximum Gasteiger partial charge on any atom is 0.311 e. The molecule has 0 aromatic heterocycles. The molecular weight excluding hydrogens is 154 g/mol. The van der Waals surface area contributed by atoms with Crippen molar-refractivity contribution < 1.29 is 9.90 Å². The molecule has 1 unspecified atom stereocenters. The third-order valence-electron chi connectivity index (χ3n) is 2.84. The smallest absolute Gasteiger partial charge is 0.311 e. The summed E-state index contributed by atoms with van der Waals surface area (Å²) in [5.74, 6) is -0.762. The summed E-state index contributed by atoms with van der Waals surface area (Å²) in [6.07, 6.45) is 1.93. The first-order valence-electron chi connectivity index (χ1n) is 4.54. The van der Waals surface area contributed by atoms with Gasteiger partial charge < -0.3 is 10.8 Å². The molecule has 1 atom stereocenters. The fraction of sp³-hybridized carbons (Fsp3) is 0.889. The largest absolute Gasteiger partial charge is 0.481 e. The Balaban J connectivity index is 4.68. The molecule has 0 aliphatic rings. The number of carboxylic acid groups (broad SMARTS) is 1. The molecule has 0 rings (SSSR count). The minimum Gasteiger partial charge on any atom is -0.481 e. The lowest BCUT2D eigenvalue weighted by molar-refractivity contribution is -0.151. The summed E-state index contributed by atoms with van der Waals surface area (Å²) >= 11 is 0.